The maximum Gasteiger partial charge on any atom is 0.320 e. The molecule has 30 heavy (non-hydrogen) atoms. The molecule has 4 aliphatic rings. The number of hydrazone groups is 1. The monoisotopic (exact) mass is 416 g/mol. The predicted molar refractivity (Wildman–Crippen MR) is 114 cm³/mol. The average molecular weight is 417 g/mol. The Morgan fingerprint density at radius 1 is 1.07 bits per heavy atom. The highest BCUT2D eigenvalue weighted by Crippen LogP contribution is 2.42. The van der Waals surface area contributed by atoms with Gasteiger partial charge in [0.25, 0.3) is 0 Å². The lowest BCUT2D eigenvalue weighted by atomic mass is 9.99. The maximum absolute atomic E-state index is 5.95. The van der Waals surface area contributed by atoms with Crippen LogP contribution in [-0.2, 0) is 9.47 Å². The molecule has 2 saturated carbocycles. The summed E-state index contributed by atoms with van der Waals surface area (Å²) in [7, 11) is 0. The third kappa shape index (κ3) is 4.84. The standard InChI is InChI=1S/C21H32N6O3/c1-2-17-13-16(1)14-18(17)24-25-19-15-20(27-6-10-29-11-7-27)23-21(22-19)30-12-5-26-3-8-28-9-4-26/h15-17H,1-14H2,(H,22,23,25). The zero-order chi connectivity index (χ0) is 20.2. The van der Waals surface area contributed by atoms with Crippen LogP contribution in [-0.4, -0.2) is 86.3 Å². The van der Waals surface area contributed by atoms with Gasteiger partial charge in [-0.15, -0.1) is 0 Å². The molecule has 5 rings (SSSR count). The Morgan fingerprint density at radius 3 is 2.60 bits per heavy atom. The van der Waals surface area contributed by atoms with Gasteiger partial charge in [-0.25, -0.2) is 0 Å². The van der Waals surface area contributed by atoms with Crippen LogP contribution >= 0.6 is 0 Å². The van der Waals surface area contributed by atoms with Gasteiger partial charge in [-0.1, -0.05) is 0 Å². The fourth-order valence-electron chi connectivity index (χ4n) is 4.87. The van der Waals surface area contributed by atoms with E-state index in [-0.39, 0.29) is 0 Å². The van der Waals surface area contributed by atoms with Gasteiger partial charge < -0.3 is 19.1 Å². The Hall–Kier alpha value is -1.97. The Labute approximate surface area is 177 Å². The lowest BCUT2D eigenvalue weighted by Crippen LogP contribution is -2.39. The number of nitrogens with one attached hydrogen (secondary N) is 1. The van der Waals surface area contributed by atoms with Crippen LogP contribution in [0.15, 0.2) is 11.2 Å². The highest BCUT2D eigenvalue weighted by molar-refractivity contribution is 5.90. The minimum Gasteiger partial charge on any atom is -0.462 e. The first-order valence-electron chi connectivity index (χ1n) is 11.3. The topological polar surface area (TPSA) is 84.3 Å². The SMILES string of the molecule is c1c(NN=C2CC3CCC2C3)nc(OCCN2CCOCC2)nc1N1CCOCC1. The Kier molecular flexibility index (Phi) is 6.29. The van der Waals surface area contributed by atoms with Crippen LogP contribution in [0.5, 0.6) is 6.01 Å². The summed E-state index contributed by atoms with van der Waals surface area (Å²) in [6.45, 7) is 7.96. The Morgan fingerprint density at radius 2 is 1.87 bits per heavy atom. The molecule has 2 aliphatic carbocycles. The minimum absolute atomic E-state index is 0.405. The van der Waals surface area contributed by atoms with Gasteiger partial charge in [-0.2, -0.15) is 15.1 Å². The summed E-state index contributed by atoms with van der Waals surface area (Å²) >= 11 is 0. The summed E-state index contributed by atoms with van der Waals surface area (Å²) in [5.41, 5.74) is 4.50. The fraction of sp³-hybridized carbons (Fsp3) is 0.762. The normalized spacial score (nSPS) is 28.3. The van der Waals surface area contributed by atoms with Gasteiger partial charge in [-0.05, 0) is 37.5 Å². The molecule has 2 bridgehead atoms. The molecule has 0 amide bonds. The molecular formula is C21H32N6O3. The van der Waals surface area contributed by atoms with Crippen molar-refractivity contribution in [3.05, 3.63) is 6.07 Å². The number of fused-ring (bicyclic) bond motifs is 2. The molecule has 9 heteroatoms. The van der Waals surface area contributed by atoms with Gasteiger partial charge in [0.05, 0.1) is 26.4 Å². The molecule has 0 aromatic carbocycles. The van der Waals surface area contributed by atoms with Crippen LogP contribution in [0, 0.1) is 11.8 Å². The molecule has 4 fully saturated rings. The van der Waals surface area contributed by atoms with Crippen molar-refractivity contribution in [2.24, 2.45) is 16.9 Å². The van der Waals surface area contributed by atoms with Crippen LogP contribution in [0.4, 0.5) is 11.6 Å². The second-order valence-electron chi connectivity index (χ2n) is 8.59. The molecular weight excluding hydrogens is 384 g/mol. The number of morpholine rings is 2. The van der Waals surface area contributed by atoms with Crippen LogP contribution in [0.3, 0.4) is 0 Å². The largest absolute Gasteiger partial charge is 0.462 e. The number of hydrogen-bond donors (Lipinski definition) is 1. The van der Waals surface area contributed by atoms with Crippen LogP contribution in [0.2, 0.25) is 0 Å². The molecule has 2 atom stereocenters. The van der Waals surface area contributed by atoms with E-state index in [4.69, 9.17) is 19.3 Å². The highest BCUT2D eigenvalue weighted by atomic mass is 16.5. The molecule has 2 aliphatic heterocycles. The van der Waals surface area contributed by atoms with Gasteiger partial charge in [0.1, 0.15) is 12.4 Å². The summed E-state index contributed by atoms with van der Waals surface area (Å²) in [4.78, 5) is 13.8. The first-order chi connectivity index (χ1) is 14.8. The lowest BCUT2D eigenvalue weighted by Gasteiger charge is -2.28. The second-order valence-corrected chi connectivity index (χ2v) is 8.59. The van der Waals surface area contributed by atoms with Crippen LogP contribution in [0.25, 0.3) is 0 Å². The van der Waals surface area contributed by atoms with Gasteiger partial charge in [0, 0.05) is 44.5 Å². The van der Waals surface area contributed by atoms with Crippen molar-refractivity contribution in [1.82, 2.24) is 14.9 Å². The van der Waals surface area contributed by atoms with Crippen molar-refractivity contribution in [2.75, 3.05) is 76.1 Å². The van der Waals surface area contributed by atoms with E-state index in [1.807, 2.05) is 6.07 Å². The predicted octanol–water partition coefficient (Wildman–Crippen LogP) is 1.61. The molecule has 1 N–H and O–H groups in total. The highest BCUT2D eigenvalue weighted by Gasteiger charge is 2.36. The van der Waals surface area contributed by atoms with E-state index in [0.29, 0.717) is 37.6 Å². The minimum atomic E-state index is 0.405. The van der Waals surface area contributed by atoms with Crippen molar-refractivity contribution in [2.45, 2.75) is 25.7 Å². The zero-order valence-electron chi connectivity index (χ0n) is 17.6. The molecule has 9 nitrogen and oxygen atoms in total. The fourth-order valence-corrected chi connectivity index (χ4v) is 4.87. The Bertz CT molecular complexity index is 748. The number of hydrogen-bond acceptors (Lipinski definition) is 9. The molecule has 1 aromatic rings. The molecule has 1 aromatic heterocycles. The van der Waals surface area contributed by atoms with Crippen LogP contribution in [0.1, 0.15) is 25.7 Å². The number of rotatable bonds is 7. The van der Waals surface area contributed by atoms with E-state index in [1.165, 1.54) is 25.0 Å². The van der Waals surface area contributed by atoms with Gasteiger partial charge in [-0.3, -0.25) is 10.3 Å². The summed E-state index contributed by atoms with van der Waals surface area (Å²) in [5, 5.41) is 4.71. The molecule has 0 radical (unpaired) electrons. The van der Waals surface area contributed by atoms with Crippen molar-refractivity contribution < 1.29 is 14.2 Å². The average Bonchev–Trinajstić information content (AvgIpc) is 3.43. The quantitative estimate of drug-likeness (QED) is 0.671. The van der Waals surface area contributed by atoms with Crippen LogP contribution < -0.4 is 15.1 Å². The van der Waals surface area contributed by atoms with Gasteiger partial charge >= 0.3 is 6.01 Å². The van der Waals surface area contributed by atoms with E-state index in [9.17, 15) is 0 Å². The summed E-state index contributed by atoms with van der Waals surface area (Å²) < 4.78 is 16.8. The number of nitrogens with zero attached hydrogens (tertiary/aromatic N) is 5. The van der Waals surface area contributed by atoms with Crippen molar-refractivity contribution in [1.29, 1.82) is 0 Å². The smallest absolute Gasteiger partial charge is 0.320 e. The van der Waals surface area contributed by atoms with E-state index in [2.05, 4.69) is 25.2 Å². The van der Waals surface area contributed by atoms with E-state index >= 15 is 0 Å². The third-order valence-corrected chi connectivity index (χ3v) is 6.59. The van der Waals surface area contributed by atoms with Gasteiger partial charge in [0.15, 0.2) is 5.82 Å². The molecule has 3 heterocycles. The van der Waals surface area contributed by atoms with Crippen molar-refractivity contribution in [3.8, 4) is 6.01 Å². The molecule has 2 unspecified atom stereocenters. The summed E-state index contributed by atoms with van der Waals surface area (Å²) in [6.07, 6.45) is 5.07. The number of ether oxygens (including phenoxy) is 3. The third-order valence-electron chi connectivity index (χ3n) is 6.59. The van der Waals surface area contributed by atoms with E-state index in [0.717, 1.165) is 64.1 Å². The van der Waals surface area contributed by atoms with Crippen molar-refractivity contribution in [3.63, 3.8) is 0 Å². The number of aromatic nitrogens is 2. The zero-order valence-corrected chi connectivity index (χ0v) is 17.6. The summed E-state index contributed by atoms with van der Waals surface area (Å²) in [5.74, 6) is 3.06. The Balaban J connectivity index is 1.26. The maximum atomic E-state index is 5.95. The molecule has 164 valence electrons. The van der Waals surface area contributed by atoms with E-state index in [1.54, 1.807) is 0 Å². The first-order valence-corrected chi connectivity index (χ1v) is 11.3. The van der Waals surface area contributed by atoms with Gasteiger partial charge in [0.2, 0.25) is 0 Å². The second kappa shape index (κ2) is 9.45. The van der Waals surface area contributed by atoms with Crippen molar-refractivity contribution >= 4 is 17.3 Å². The first kappa shape index (κ1) is 20.0. The van der Waals surface area contributed by atoms with E-state index < -0.39 is 0 Å². The number of anilines is 2. The molecule has 2 saturated heterocycles. The lowest BCUT2D eigenvalue weighted by molar-refractivity contribution is 0.0317. The summed E-state index contributed by atoms with van der Waals surface area (Å²) in [6, 6.07) is 2.38. The molecule has 0 spiro atoms.